The van der Waals surface area contributed by atoms with Crippen molar-refractivity contribution in [2.45, 2.75) is 5.41 Å². The Morgan fingerprint density at radius 1 is 0.347 bits per heavy atom. The van der Waals surface area contributed by atoms with Crippen LogP contribution in [0.5, 0.6) is 0 Å². The van der Waals surface area contributed by atoms with Crippen LogP contribution >= 0.6 is 0 Å². The van der Waals surface area contributed by atoms with Gasteiger partial charge in [-0.15, -0.1) is 0 Å². The molecule has 0 amide bonds. The molecule has 4 heteroatoms. The molecule has 13 aromatic rings. The van der Waals surface area contributed by atoms with Crippen LogP contribution in [0, 0.1) is 0 Å². The van der Waals surface area contributed by atoms with Gasteiger partial charge in [0.1, 0.15) is 5.65 Å². The van der Waals surface area contributed by atoms with E-state index in [-0.39, 0.29) is 0 Å². The number of hydrogen-bond acceptors (Lipinski definition) is 3. The summed E-state index contributed by atoms with van der Waals surface area (Å²) in [5.41, 5.74) is 23.7. The Balaban J connectivity index is 0.937. The van der Waals surface area contributed by atoms with Gasteiger partial charge in [0.05, 0.1) is 33.4 Å². The third-order valence-electron chi connectivity index (χ3n) is 15.6. The highest BCUT2D eigenvalue weighted by atomic mass is 15.1. The molecule has 11 aromatic carbocycles. The van der Waals surface area contributed by atoms with Crippen LogP contribution in [-0.4, -0.2) is 14.5 Å². The van der Waals surface area contributed by atoms with Gasteiger partial charge in [0.25, 0.3) is 0 Å². The van der Waals surface area contributed by atoms with Crippen LogP contribution < -0.4 is 4.90 Å². The van der Waals surface area contributed by atoms with Crippen molar-refractivity contribution in [1.29, 1.82) is 0 Å². The zero-order valence-electron chi connectivity index (χ0n) is 40.8. The van der Waals surface area contributed by atoms with Gasteiger partial charge in [-0.3, -0.25) is 4.57 Å². The second kappa shape index (κ2) is 17.1. The van der Waals surface area contributed by atoms with E-state index >= 15 is 0 Å². The standard InChI is InChI=1S/C71H46N4/c1-5-22-48(23-6-1)54-30-16-20-38-63(54)74(65-39-21-37-62-66(65)57-33-15-19-36-61(57)71(62)59-34-17-13-31-55(59)56-32-14-18-35-60(56)71)53-43-40-47(41-44-53)51-42-45-64-58(46-51)67-68(49-24-7-2-8-25-49)72-69(50-26-9-3-10-27-50)73-70(67)75(64)52-28-11-4-12-29-52/h1-46H. The lowest BCUT2D eigenvalue weighted by Gasteiger charge is -2.32. The molecule has 0 fully saturated rings. The molecule has 0 unspecified atom stereocenters. The number of rotatable bonds is 8. The van der Waals surface area contributed by atoms with Crippen LogP contribution in [0.15, 0.2) is 279 Å². The van der Waals surface area contributed by atoms with Gasteiger partial charge < -0.3 is 4.90 Å². The average Bonchev–Trinajstić information content (AvgIpc) is 4.11. The summed E-state index contributed by atoms with van der Waals surface area (Å²) in [7, 11) is 0. The molecular formula is C71H46N4. The number of fused-ring (bicyclic) bond motifs is 13. The lowest BCUT2D eigenvalue weighted by Crippen LogP contribution is -2.26. The van der Waals surface area contributed by atoms with E-state index in [4.69, 9.17) is 9.97 Å². The largest absolute Gasteiger partial charge is 0.309 e. The van der Waals surface area contributed by atoms with E-state index in [1.807, 2.05) is 18.2 Å². The number of benzene rings is 11. The Morgan fingerprint density at radius 3 is 1.52 bits per heavy atom. The Morgan fingerprint density at radius 2 is 0.853 bits per heavy atom. The molecule has 0 aliphatic heterocycles. The normalized spacial score (nSPS) is 12.6. The summed E-state index contributed by atoms with van der Waals surface area (Å²) in [5.74, 6) is 0.691. The Labute approximate surface area is 435 Å². The van der Waals surface area contributed by atoms with Gasteiger partial charge in [-0.2, -0.15) is 0 Å². The zero-order valence-corrected chi connectivity index (χ0v) is 40.8. The average molecular weight is 955 g/mol. The maximum absolute atomic E-state index is 5.40. The number of hydrogen-bond donors (Lipinski definition) is 0. The molecule has 0 radical (unpaired) electrons. The van der Waals surface area contributed by atoms with Crippen LogP contribution in [0.25, 0.3) is 94.8 Å². The molecule has 0 saturated heterocycles. The van der Waals surface area contributed by atoms with Crippen LogP contribution in [0.3, 0.4) is 0 Å². The van der Waals surface area contributed by atoms with Crippen molar-refractivity contribution in [1.82, 2.24) is 14.5 Å². The Kier molecular flexibility index (Phi) is 9.76. The second-order valence-electron chi connectivity index (χ2n) is 19.6. The summed E-state index contributed by atoms with van der Waals surface area (Å²) < 4.78 is 2.30. The van der Waals surface area contributed by atoms with Crippen molar-refractivity contribution in [2.75, 3.05) is 4.90 Å². The molecule has 0 N–H and O–H groups in total. The minimum Gasteiger partial charge on any atom is -0.309 e. The molecule has 2 aliphatic rings. The molecular weight excluding hydrogens is 909 g/mol. The van der Waals surface area contributed by atoms with Gasteiger partial charge in [-0.25, -0.2) is 9.97 Å². The molecule has 15 rings (SSSR count). The van der Waals surface area contributed by atoms with Gasteiger partial charge in [0, 0.05) is 39.0 Å². The fourth-order valence-corrected chi connectivity index (χ4v) is 12.5. The summed E-state index contributed by atoms with van der Waals surface area (Å²) in [5, 5.41) is 2.11. The highest BCUT2D eigenvalue weighted by molar-refractivity contribution is 6.15. The van der Waals surface area contributed by atoms with Crippen LogP contribution in [-0.2, 0) is 5.41 Å². The van der Waals surface area contributed by atoms with E-state index in [1.165, 1.54) is 44.5 Å². The number of nitrogens with zero attached hydrogens (tertiary/aromatic N) is 4. The number of anilines is 3. The second-order valence-corrected chi connectivity index (χ2v) is 19.6. The first-order valence-corrected chi connectivity index (χ1v) is 25.7. The first kappa shape index (κ1) is 42.8. The smallest absolute Gasteiger partial charge is 0.162 e. The molecule has 0 saturated carbocycles. The summed E-state index contributed by atoms with van der Waals surface area (Å²) in [6, 6.07) is 101. The predicted octanol–water partition coefficient (Wildman–Crippen LogP) is 18.1. The van der Waals surface area contributed by atoms with E-state index in [1.54, 1.807) is 0 Å². The van der Waals surface area contributed by atoms with Crippen molar-refractivity contribution in [3.63, 3.8) is 0 Å². The van der Waals surface area contributed by atoms with Crippen LogP contribution in [0.2, 0.25) is 0 Å². The van der Waals surface area contributed by atoms with E-state index in [9.17, 15) is 0 Å². The first-order valence-electron chi connectivity index (χ1n) is 25.7. The van der Waals surface area contributed by atoms with Gasteiger partial charge in [0.2, 0.25) is 0 Å². The molecule has 350 valence electrons. The highest BCUT2D eigenvalue weighted by Gasteiger charge is 2.52. The third kappa shape index (κ3) is 6.49. The topological polar surface area (TPSA) is 34.0 Å². The third-order valence-corrected chi connectivity index (χ3v) is 15.6. The maximum Gasteiger partial charge on any atom is 0.162 e. The van der Waals surface area contributed by atoms with E-state index in [2.05, 4.69) is 270 Å². The van der Waals surface area contributed by atoms with Crippen molar-refractivity contribution in [3.8, 4) is 72.8 Å². The van der Waals surface area contributed by atoms with E-state index < -0.39 is 5.41 Å². The van der Waals surface area contributed by atoms with Crippen molar-refractivity contribution in [3.05, 3.63) is 301 Å². The fraction of sp³-hybridized carbons (Fsp3) is 0.0141. The molecule has 4 nitrogen and oxygen atoms in total. The Bertz CT molecular complexity index is 4290. The molecule has 1 spiro atoms. The fourth-order valence-electron chi connectivity index (χ4n) is 12.5. The monoisotopic (exact) mass is 954 g/mol. The van der Waals surface area contributed by atoms with Crippen molar-refractivity contribution < 1.29 is 0 Å². The molecule has 0 bridgehead atoms. The summed E-state index contributed by atoms with van der Waals surface area (Å²) in [4.78, 5) is 13.3. The van der Waals surface area contributed by atoms with Crippen LogP contribution in [0.1, 0.15) is 22.3 Å². The zero-order chi connectivity index (χ0) is 49.5. The Hall–Kier alpha value is -9.90. The summed E-state index contributed by atoms with van der Waals surface area (Å²) in [6.45, 7) is 0. The predicted molar refractivity (Wildman–Crippen MR) is 309 cm³/mol. The molecule has 2 heterocycles. The molecule has 0 atom stereocenters. The lowest BCUT2D eigenvalue weighted by atomic mass is 9.70. The van der Waals surface area contributed by atoms with Gasteiger partial charge in [-0.05, 0) is 104 Å². The SMILES string of the molecule is c1ccc(-c2nc(-c3ccccc3)c3c4cc(-c5ccc(N(c6ccccc6-c6ccccc6)c6cccc7c6-c6ccccc6C76c7ccccc7-c7ccccc76)cc5)ccc4n(-c4ccccc4)c3n2)cc1. The van der Waals surface area contributed by atoms with Crippen molar-refractivity contribution >= 4 is 39.0 Å². The lowest BCUT2D eigenvalue weighted by molar-refractivity contribution is 0.794. The van der Waals surface area contributed by atoms with Crippen molar-refractivity contribution in [2.24, 2.45) is 0 Å². The minimum absolute atomic E-state index is 0.472. The van der Waals surface area contributed by atoms with Crippen LogP contribution in [0.4, 0.5) is 17.1 Å². The quantitative estimate of drug-likeness (QED) is 0.152. The van der Waals surface area contributed by atoms with E-state index in [0.29, 0.717) is 5.82 Å². The summed E-state index contributed by atoms with van der Waals surface area (Å²) >= 11 is 0. The minimum atomic E-state index is -0.472. The molecule has 2 aliphatic carbocycles. The number of aromatic nitrogens is 3. The maximum atomic E-state index is 5.40. The summed E-state index contributed by atoms with van der Waals surface area (Å²) in [6.07, 6.45) is 0. The van der Waals surface area contributed by atoms with Gasteiger partial charge >= 0.3 is 0 Å². The number of para-hydroxylation sites is 2. The first-order chi connectivity index (χ1) is 37.2. The van der Waals surface area contributed by atoms with Gasteiger partial charge in [0.15, 0.2) is 5.82 Å². The molecule has 75 heavy (non-hydrogen) atoms. The van der Waals surface area contributed by atoms with E-state index in [0.717, 1.165) is 83.8 Å². The molecule has 2 aromatic heterocycles. The highest BCUT2D eigenvalue weighted by Crippen LogP contribution is 2.65. The van der Waals surface area contributed by atoms with Gasteiger partial charge in [-0.1, -0.05) is 231 Å².